The summed E-state index contributed by atoms with van der Waals surface area (Å²) in [4.78, 5) is 37.8. The Morgan fingerprint density at radius 1 is 0.596 bits per heavy atom. The number of rotatable bonds is 29. The second-order valence-corrected chi connectivity index (χ2v) is 12.6. The van der Waals surface area contributed by atoms with Gasteiger partial charge in [-0.1, -0.05) is 52.3 Å². The van der Waals surface area contributed by atoms with Gasteiger partial charge in [0.05, 0.1) is 29.8 Å². The summed E-state index contributed by atoms with van der Waals surface area (Å²) >= 11 is 0. The molecule has 0 aromatic carbocycles. The Morgan fingerprint density at radius 3 is 1.37 bits per heavy atom. The Hall–Kier alpha value is -3.09. The van der Waals surface area contributed by atoms with Gasteiger partial charge in [-0.05, 0) is 19.3 Å². The van der Waals surface area contributed by atoms with E-state index in [9.17, 15) is 50.9 Å². The smallest absolute Gasteiger partial charge is 0.378 e. The van der Waals surface area contributed by atoms with Gasteiger partial charge in [-0.3, -0.25) is 0 Å². The molecule has 0 aliphatic carbocycles. The zero-order valence-corrected chi connectivity index (χ0v) is 29.7. The largest absolute Gasteiger partial charge is 0.461 e. The molecule has 0 fully saturated rings. The van der Waals surface area contributed by atoms with Crippen molar-refractivity contribution in [1.29, 1.82) is 0 Å². The Balaban J connectivity index is 6.72. The molecule has 0 unspecified atom stereocenters. The summed E-state index contributed by atoms with van der Waals surface area (Å²) < 4.78 is 144. The fourth-order valence-electron chi connectivity index (χ4n) is 4.53. The summed E-state index contributed by atoms with van der Waals surface area (Å²) in [5, 5.41) is 18.6. The maximum atomic E-state index is 15.2. The number of hydrogen-bond acceptors (Lipinski definition) is 10. The third-order valence-corrected chi connectivity index (χ3v) is 7.96. The van der Waals surface area contributed by atoms with Crippen LogP contribution in [0.15, 0.2) is 36.5 Å². The lowest BCUT2D eigenvalue weighted by atomic mass is 9.82. The molecule has 0 saturated heterocycles. The predicted molar refractivity (Wildman–Crippen MR) is 171 cm³/mol. The highest BCUT2D eigenvalue weighted by atomic mass is 19.4. The van der Waals surface area contributed by atoms with Crippen molar-refractivity contribution >= 4 is 17.9 Å². The number of aliphatic hydroxyl groups excluding tert-OH is 2. The van der Waals surface area contributed by atoms with E-state index in [1.165, 1.54) is 14.2 Å². The van der Waals surface area contributed by atoms with Crippen LogP contribution in [0.5, 0.6) is 0 Å². The molecule has 10 nitrogen and oxygen atoms in total. The number of halogens is 8. The molecule has 0 aromatic rings. The van der Waals surface area contributed by atoms with Crippen molar-refractivity contribution in [2.24, 2.45) is 11.3 Å². The first-order valence-corrected chi connectivity index (χ1v) is 16.3. The van der Waals surface area contributed by atoms with Crippen LogP contribution in [0.2, 0.25) is 0 Å². The van der Waals surface area contributed by atoms with Gasteiger partial charge >= 0.3 is 41.6 Å². The Labute approximate surface area is 298 Å². The molecule has 0 aromatic heterocycles. The summed E-state index contributed by atoms with van der Waals surface area (Å²) in [7, 11) is 2.35. The van der Waals surface area contributed by atoms with Crippen molar-refractivity contribution in [2.75, 3.05) is 60.5 Å². The predicted octanol–water partition coefficient (Wildman–Crippen LogP) is 6.24. The van der Waals surface area contributed by atoms with Crippen molar-refractivity contribution in [3.63, 3.8) is 0 Å². The van der Waals surface area contributed by atoms with E-state index in [2.05, 4.69) is 19.7 Å². The highest BCUT2D eigenvalue weighted by Gasteiger charge is 2.79. The molecule has 52 heavy (non-hydrogen) atoms. The minimum atomic E-state index is -6.64. The summed E-state index contributed by atoms with van der Waals surface area (Å²) in [5.74, 6) is -29.3. The highest BCUT2D eigenvalue weighted by molar-refractivity contribution is 5.89. The van der Waals surface area contributed by atoms with Crippen LogP contribution < -0.4 is 0 Å². The van der Waals surface area contributed by atoms with Crippen molar-refractivity contribution in [2.45, 2.75) is 88.4 Å². The molecule has 0 aliphatic rings. The minimum Gasteiger partial charge on any atom is -0.461 e. The topological polar surface area (TPSA) is 138 Å². The van der Waals surface area contributed by atoms with Crippen LogP contribution >= 0.6 is 0 Å². The molecule has 2 N–H and O–H groups in total. The lowest BCUT2D eigenvalue weighted by molar-refractivity contribution is -0.368. The van der Waals surface area contributed by atoms with E-state index < -0.39 is 125 Å². The number of hydrogen-bond donors (Lipinski definition) is 2. The van der Waals surface area contributed by atoms with Crippen LogP contribution in [-0.2, 0) is 38.1 Å². The standard InChI is InChI=1S/C34H50F8O10/c1-7-8-9-10-11-12-31(35,36)33(39,40)34(41,42)32(37,38)14-13-30(21-51-28(46)24(3)18-48-5,22-52-29(47)25(4)19-49-6)20-50-27(45)23(2)15-26(16-43)17-44/h26,43-44H,2-4,7-22H2,1,5-6H3. The normalized spacial score (nSPS) is 12.8. The third-order valence-electron chi connectivity index (χ3n) is 7.96. The van der Waals surface area contributed by atoms with Crippen LogP contribution in [0.4, 0.5) is 35.1 Å². The second kappa shape index (κ2) is 22.2. The first-order valence-electron chi connectivity index (χ1n) is 16.3. The average molecular weight is 771 g/mol. The molecular formula is C34H50F8O10. The first-order chi connectivity index (χ1) is 24.0. The van der Waals surface area contributed by atoms with E-state index in [4.69, 9.17) is 23.7 Å². The van der Waals surface area contributed by atoms with E-state index in [0.29, 0.717) is 19.3 Å². The summed E-state index contributed by atoms with van der Waals surface area (Å²) in [6.45, 7) is 6.46. The molecule has 0 saturated carbocycles. The Kier molecular flexibility index (Phi) is 20.9. The number of carbonyl (C=O) groups excluding carboxylic acids is 3. The highest BCUT2D eigenvalue weighted by Crippen LogP contribution is 2.55. The van der Waals surface area contributed by atoms with E-state index in [0.717, 1.165) is 0 Å². The van der Waals surface area contributed by atoms with E-state index in [1.54, 1.807) is 6.92 Å². The van der Waals surface area contributed by atoms with Gasteiger partial charge in [0.1, 0.15) is 19.8 Å². The van der Waals surface area contributed by atoms with Crippen LogP contribution in [-0.4, -0.2) is 112 Å². The van der Waals surface area contributed by atoms with Crippen LogP contribution in [0.25, 0.3) is 0 Å². The molecule has 0 heterocycles. The fraction of sp³-hybridized carbons (Fsp3) is 0.735. The van der Waals surface area contributed by atoms with Crippen molar-refractivity contribution in [3.05, 3.63) is 36.5 Å². The van der Waals surface area contributed by atoms with Crippen molar-refractivity contribution in [1.82, 2.24) is 0 Å². The SMILES string of the molecule is C=C(COC)C(=O)OCC(CCC(F)(F)C(F)(F)C(F)(F)C(F)(F)CCCCCCC)(COC(=O)C(=C)COC)COC(=O)C(=C)CC(CO)CO. The molecule has 0 amide bonds. The zero-order chi connectivity index (χ0) is 40.4. The number of aliphatic hydroxyl groups is 2. The summed E-state index contributed by atoms with van der Waals surface area (Å²) in [6.07, 6.45) is -5.02. The summed E-state index contributed by atoms with van der Waals surface area (Å²) in [6, 6.07) is 0. The van der Waals surface area contributed by atoms with E-state index >= 15 is 8.78 Å². The van der Waals surface area contributed by atoms with E-state index in [1.807, 2.05) is 0 Å². The monoisotopic (exact) mass is 770 g/mol. The van der Waals surface area contributed by atoms with Crippen molar-refractivity contribution < 1.29 is 83.4 Å². The van der Waals surface area contributed by atoms with Crippen LogP contribution in [0, 0.1) is 11.3 Å². The molecule has 302 valence electrons. The molecule has 0 aliphatic heterocycles. The zero-order valence-electron chi connectivity index (χ0n) is 29.7. The lowest BCUT2D eigenvalue weighted by Gasteiger charge is -2.39. The average Bonchev–Trinajstić information content (AvgIpc) is 3.09. The Morgan fingerprint density at radius 2 is 0.981 bits per heavy atom. The molecule has 0 atom stereocenters. The number of unbranched alkanes of at least 4 members (excludes halogenated alkanes) is 4. The van der Waals surface area contributed by atoms with E-state index in [-0.39, 0.29) is 29.6 Å². The van der Waals surface area contributed by atoms with Gasteiger partial charge in [-0.25, -0.2) is 14.4 Å². The number of ether oxygens (including phenoxy) is 5. The van der Waals surface area contributed by atoms with Crippen molar-refractivity contribution in [3.8, 4) is 0 Å². The Bertz CT molecular complexity index is 1150. The second-order valence-electron chi connectivity index (χ2n) is 12.6. The number of methoxy groups -OCH3 is 2. The van der Waals surface area contributed by atoms with Gasteiger partial charge in [-0.2, -0.15) is 35.1 Å². The van der Waals surface area contributed by atoms with Gasteiger partial charge in [0.2, 0.25) is 0 Å². The number of esters is 3. The van der Waals surface area contributed by atoms with Crippen LogP contribution in [0.3, 0.4) is 0 Å². The first kappa shape index (κ1) is 48.9. The molecule has 0 rings (SSSR count). The van der Waals surface area contributed by atoms with Crippen LogP contribution in [0.1, 0.15) is 64.7 Å². The van der Waals surface area contributed by atoms with Gasteiger partial charge in [0.25, 0.3) is 0 Å². The molecule has 18 heteroatoms. The fourth-order valence-corrected chi connectivity index (χ4v) is 4.53. The number of alkyl halides is 8. The quantitative estimate of drug-likeness (QED) is 0.0296. The maximum absolute atomic E-state index is 15.2. The number of carbonyl (C=O) groups is 3. The molecule has 0 bridgehead atoms. The molecule has 0 radical (unpaired) electrons. The molecule has 0 spiro atoms. The van der Waals surface area contributed by atoms with Gasteiger partial charge in [0.15, 0.2) is 0 Å². The third kappa shape index (κ3) is 14.4. The minimum absolute atomic E-state index is 0.0269. The summed E-state index contributed by atoms with van der Waals surface area (Å²) in [5.41, 5.74) is -3.50. The maximum Gasteiger partial charge on any atom is 0.378 e. The lowest BCUT2D eigenvalue weighted by Crippen LogP contribution is -2.62. The van der Waals surface area contributed by atoms with Gasteiger partial charge in [0, 0.05) is 51.8 Å². The van der Waals surface area contributed by atoms with Gasteiger partial charge < -0.3 is 33.9 Å². The van der Waals surface area contributed by atoms with Gasteiger partial charge in [-0.15, -0.1) is 0 Å². The molecular weight excluding hydrogens is 720 g/mol.